The lowest BCUT2D eigenvalue weighted by Crippen LogP contribution is -2.32. The summed E-state index contributed by atoms with van der Waals surface area (Å²) in [6, 6.07) is 7.58. The fourth-order valence-electron chi connectivity index (χ4n) is 4.92. The standard InChI is InChI=1S/C21H23N3O3/c1-12-8-23-19(26)17-16(9-22-18(12)17)20(27-2)24-10-14-7-21(14,11-24)13-3-5-15(25)6-4-13/h3-6,8-9,14,20,22,25H,7,10-11H2,1-2H3,(H,23,26). The van der Waals surface area contributed by atoms with Crippen LogP contribution < -0.4 is 5.56 Å². The Balaban J connectivity index is 1.49. The highest BCUT2D eigenvalue weighted by molar-refractivity contribution is 5.85. The van der Waals surface area contributed by atoms with Crippen LogP contribution >= 0.6 is 0 Å². The zero-order chi connectivity index (χ0) is 18.8. The van der Waals surface area contributed by atoms with Crippen LogP contribution in [0, 0.1) is 12.8 Å². The van der Waals surface area contributed by atoms with E-state index in [1.54, 1.807) is 25.4 Å². The molecule has 0 radical (unpaired) electrons. The first kappa shape index (κ1) is 16.6. The minimum atomic E-state index is -0.261. The van der Waals surface area contributed by atoms with Crippen molar-refractivity contribution in [3.05, 3.63) is 63.7 Å². The van der Waals surface area contributed by atoms with Gasteiger partial charge in [0.05, 0.1) is 10.9 Å². The van der Waals surface area contributed by atoms with Gasteiger partial charge in [0, 0.05) is 43.6 Å². The van der Waals surface area contributed by atoms with Crippen LogP contribution in [-0.4, -0.2) is 40.2 Å². The van der Waals surface area contributed by atoms with Gasteiger partial charge in [0.15, 0.2) is 0 Å². The molecule has 1 aliphatic carbocycles. The van der Waals surface area contributed by atoms with Crippen LogP contribution in [0.3, 0.4) is 0 Å². The summed E-state index contributed by atoms with van der Waals surface area (Å²) < 4.78 is 5.86. The summed E-state index contributed by atoms with van der Waals surface area (Å²) in [6.07, 6.45) is 4.54. The number of nitrogens with zero attached hydrogens (tertiary/aromatic N) is 1. The third-order valence-electron chi connectivity index (χ3n) is 6.39. The van der Waals surface area contributed by atoms with Gasteiger partial charge in [-0.05, 0) is 42.5 Å². The number of H-pyrrole nitrogens is 2. The first-order chi connectivity index (χ1) is 13.0. The number of piperidine rings is 1. The van der Waals surface area contributed by atoms with E-state index < -0.39 is 0 Å². The second-order valence-electron chi connectivity index (χ2n) is 7.92. The number of nitrogens with one attached hydrogen (secondary N) is 2. The number of ether oxygens (including phenoxy) is 1. The van der Waals surface area contributed by atoms with Crippen molar-refractivity contribution < 1.29 is 9.84 Å². The van der Waals surface area contributed by atoms with Crippen LogP contribution in [0.4, 0.5) is 0 Å². The van der Waals surface area contributed by atoms with Gasteiger partial charge in [0.25, 0.3) is 5.56 Å². The maximum atomic E-state index is 12.5. The molecule has 1 aliphatic heterocycles. The molecule has 5 rings (SSSR count). The number of benzene rings is 1. The van der Waals surface area contributed by atoms with Crippen molar-refractivity contribution in [1.29, 1.82) is 0 Å². The third kappa shape index (κ3) is 2.37. The van der Waals surface area contributed by atoms with E-state index in [9.17, 15) is 9.90 Å². The molecule has 6 heteroatoms. The van der Waals surface area contributed by atoms with Gasteiger partial charge in [-0.15, -0.1) is 0 Å². The number of aromatic nitrogens is 2. The molecule has 0 amide bonds. The second-order valence-corrected chi connectivity index (χ2v) is 7.92. The molecule has 3 atom stereocenters. The zero-order valence-electron chi connectivity index (χ0n) is 15.5. The molecule has 2 fully saturated rings. The summed E-state index contributed by atoms with van der Waals surface area (Å²) in [7, 11) is 1.70. The summed E-state index contributed by atoms with van der Waals surface area (Å²) >= 11 is 0. The first-order valence-electron chi connectivity index (χ1n) is 9.29. The van der Waals surface area contributed by atoms with Crippen LogP contribution in [0.5, 0.6) is 5.75 Å². The van der Waals surface area contributed by atoms with Crippen molar-refractivity contribution in [3.63, 3.8) is 0 Å². The molecular weight excluding hydrogens is 342 g/mol. The lowest BCUT2D eigenvalue weighted by atomic mass is 9.95. The van der Waals surface area contributed by atoms with E-state index in [2.05, 4.69) is 14.9 Å². The van der Waals surface area contributed by atoms with Gasteiger partial charge < -0.3 is 19.8 Å². The summed E-state index contributed by atoms with van der Waals surface area (Å²) in [5.41, 5.74) is 4.09. The van der Waals surface area contributed by atoms with Crippen molar-refractivity contribution in [2.75, 3.05) is 20.2 Å². The Bertz CT molecular complexity index is 1070. The maximum Gasteiger partial charge on any atom is 0.257 e. The van der Waals surface area contributed by atoms with Crippen molar-refractivity contribution >= 4 is 10.9 Å². The molecule has 1 saturated heterocycles. The van der Waals surface area contributed by atoms with Crippen molar-refractivity contribution in [1.82, 2.24) is 14.9 Å². The molecule has 27 heavy (non-hydrogen) atoms. The number of rotatable bonds is 4. The highest BCUT2D eigenvalue weighted by atomic mass is 16.5. The van der Waals surface area contributed by atoms with E-state index in [0.717, 1.165) is 36.2 Å². The van der Waals surface area contributed by atoms with Gasteiger partial charge in [-0.2, -0.15) is 0 Å². The van der Waals surface area contributed by atoms with Crippen LogP contribution in [0.15, 0.2) is 41.5 Å². The highest BCUT2D eigenvalue weighted by Gasteiger charge is 2.61. The molecule has 0 bridgehead atoms. The van der Waals surface area contributed by atoms with Crippen LogP contribution in [0.25, 0.3) is 10.9 Å². The number of aryl methyl sites for hydroxylation is 1. The smallest absolute Gasteiger partial charge is 0.257 e. The second kappa shape index (κ2) is 5.71. The van der Waals surface area contributed by atoms with E-state index in [-0.39, 0.29) is 17.2 Å². The predicted molar refractivity (Wildman–Crippen MR) is 103 cm³/mol. The van der Waals surface area contributed by atoms with E-state index in [1.165, 1.54) is 5.56 Å². The van der Waals surface area contributed by atoms with Gasteiger partial charge in [0.2, 0.25) is 0 Å². The molecule has 2 aromatic heterocycles. The van der Waals surface area contributed by atoms with Gasteiger partial charge in [-0.1, -0.05) is 12.1 Å². The number of aromatic amines is 2. The quantitative estimate of drug-likeness (QED) is 0.664. The molecule has 1 saturated carbocycles. The average Bonchev–Trinajstić information content (AvgIpc) is 3.02. The minimum absolute atomic E-state index is 0.0912. The lowest BCUT2D eigenvalue weighted by molar-refractivity contribution is -0.0279. The van der Waals surface area contributed by atoms with E-state index in [1.807, 2.05) is 25.3 Å². The van der Waals surface area contributed by atoms with E-state index in [4.69, 9.17) is 4.74 Å². The van der Waals surface area contributed by atoms with Crippen LogP contribution in [0.2, 0.25) is 0 Å². The van der Waals surface area contributed by atoms with Crippen molar-refractivity contribution in [2.45, 2.75) is 25.0 Å². The Morgan fingerprint density at radius 3 is 2.78 bits per heavy atom. The topological polar surface area (TPSA) is 81.4 Å². The summed E-state index contributed by atoms with van der Waals surface area (Å²) in [5.74, 6) is 0.885. The molecule has 3 unspecified atom stereocenters. The number of methoxy groups -OCH3 is 1. The monoisotopic (exact) mass is 365 g/mol. The third-order valence-corrected chi connectivity index (χ3v) is 6.39. The fourth-order valence-corrected chi connectivity index (χ4v) is 4.92. The number of pyridine rings is 1. The molecule has 0 spiro atoms. The lowest BCUT2D eigenvalue weighted by Gasteiger charge is -2.29. The Hall–Kier alpha value is -2.57. The zero-order valence-corrected chi connectivity index (χ0v) is 15.5. The van der Waals surface area contributed by atoms with Gasteiger partial charge in [-0.25, -0.2) is 0 Å². The van der Waals surface area contributed by atoms with Gasteiger partial charge >= 0.3 is 0 Å². The van der Waals surface area contributed by atoms with Crippen LogP contribution in [-0.2, 0) is 10.2 Å². The molecule has 140 valence electrons. The number of hydrogen-bond donors (Lipinski definition) is 3. The summed E-state index contributed by atoms with van der Waals surface area (Å²) in [4.78, 5) is 20.9. The number of aromatic hydroxyl groups is 1. The number of fused-ring (bicyclic) bond motifs is 2. The SMILES string of the molecule is COC(c1c[nH]c2c(C)c[nH]c(=O)c12)N1CC2CC2(c2ccc(O)cc2)C1. The Morgan fingerprint density at radius 1 is 1.26 bits per heavy atom. The molecule has 6 nitrogen and oxygen atoms in total. The molecule has 2 aliphatic rings. The predicted octanol–water partition coefficient (Wildman–Crippen LogP) is 2.79. The highest BCUT2D eigenvalue weighted by Crippen LogP contribution is 2.60. The van der Waals surface area contributed by atoms with Crippen molar-refractivity contribution in [3.8, 4) is 5.75 Å². The Kier molecular flexibility index (Phi) is 3.51. The molecule has 1 aromatic carbocycles. The van der Waals surface area contributed by atoms with Crippen molar-refractivity contribution in [2.24, 2.45) is 5.92 Å². The largest absolute Gasteiger partial charge is 0.508 e. The molecule has 3 heterocycles. The average molecular weight is 365 g/mol. The van der Waals surface area contributed by atoms with Gasteiger partial charge in [0.1, 0.15) is 12.0 Å². The number of phenols is 1. The van der Waals surface area contributed by atoms with E-state index in [0.29, 0.717) is 17.1 Å². The molecule has 3 N–H and O–H groups in total. The summed E-state index contributed by atoms with van der Waals surface area (Å²) in [6.45, 7) is 3.80. The first-order valence-corrected chi connectivity index (χ1v) is 9.29. The maximum absolute atomic E-state index is 12.5. The number of likely N-dealkylation sites (tertiary alicyclic amines) is 1. The van der Waals surface area contributed by atoms with E-state index >= 15 is 0 Å². The fraction of sp³-hybridized carbons (Fsp3) is 0.381. The van der Waals surface area contributed by atoms with Gasteiger partial charge in [-0.3, -0.25) is 9.69 Å². The van der Waals surface area contributed by atoms with Crippen LogP contribution in [0.1, 0.15) is 29.3 Å². The Morgan fingerprint density at radius 2 is 2.04 bits per heavy atom. The number of phenolic OH excluding ortho intramolecular Hbond substituents is 1. The summed E-state index contributed by atoms with van der Waals surface area (Å²) in [5, 5.41) is 10.3. The Labute approximate surface area is 156 Å². The normalized spacial score (nSPS) is 25.6. The molecular formula is C21H23N3O3. The molecule has 3 aromatic rings. The minimum Gasteiger partial charge on any atom is -0.508 e. The number of hydrogen-bond acceptors (Lipinski definition) is 4.